The molecular weight excluding hydrogens is 302 g/mol. The summed E-state index contributed by atoms with van der Waals surface area (Å²) < 4.78 is 0. The maximum absolute atomic E-state index is 12.2. The number of urea groups is 1. The summed E-state index contributed by atoms with van der Waals surface area (Å²) in [5.74, 6) is -0.127. The van der Waals surface area contributed by atoms with Crippen molar-refractivity contribution in [3.63, 3.8) is 0 Å². The zero-order valence-corrected chi connectivity index (χ0v) is 13.7. The van der Waals surface area contributed by atoms with Crippen molar-refractivity contribution in [1.82, 2.24) is 15.5 Å². The Morgan fingerprint density at radius 3 is 2.12 bits per heavy atom. The third-order valence-electron chi connectivity index (χ3n) is 4.13. The molecule has 2 aromatic carbocycles. The van der Waals surface area contributed by atoms with E-state index in [1.54, 1.807) is 17.0 Å². The van der Waals surface area contributed by atoms with Gasteiger partial charge in [0.15, 0.2) is 0 Å². The van der Waals surface area contributed by atoms with E-state index in [2.05, 4.69) is 10.6 Å². The lowest BCUT2D eigenvalue weighted by Crippen LogP contribution is -2.40. The topological polar surface area (TPSA) is 61.4 Å². The van der Waals surface area contributed by atoms with Gasteiger partial charge in [0.1, 0.15) is 0 Å². The first kappa shape index (κ1) is 16.1. The highest BCUT2D eigenvalue weighted by Gasteiger charge is 2.22. The molecule has 2 N–H and O–H groups in total. The third kappa shape index (κ3) is 3.74. The van der Waals surface area contributed by atoms with Crippen molar-refractivity contribution in [3.8, 4) is 0 Å². The fourth-order valence-electron chi connectivity index (χ4n) is 2.74. The van der Waals surface area contributed by atoms with Crippen LogP contribution in [0.15, 0.2) is 48.5 Å². The summed E-state index contributed by atoms with van der Waals surface area (Å²) in [7, 11) is 0. The lowest BCUT2D eigenvalue weighted by Gasteiger charge is -2.16. The van der Waals surface area contributed by atoms with Crippen LogP contribution in [0.5, 0.6) is 0 Å². The number of carbonyl (C=O) groups is 2. The summed E-state index contributed by atoms with van der Waals surface area (Å²) >= 11 is 0. The average Bonchev–Trinajstić information content (AvgIpc) is 3.03. The van der Waals surface area contributed by atoms with Crippen LogP contribution >= 0.6 is 0 Å². The summed E-state index contributed by atoms with van der Waals surface area (Å²) in [6.45, 7) is 4.06. The normalized spacial score (nSPS) is 12.6. The summed E-state index contributed by atoms with van der Waals surface area (Å²) in [6.07, 6.45) is 0. The number of hydrogen-bond acceptors (Lipinski definition) is 2. The Balaban J connectivity index is 1.40. The zero-order valence-electron chi connectivity index (χ0n) is 13.7. The van der Waals surface area contributed by atoms with Crippen LogP contribution in [-0.4, -0.2) is 29.9 Å². The van der Waals surface area contributed by atoms with Crippen LogP contribution in [0.3, 0.4) is 0 Å². The SMILES string of the molecule is Cc1ccc(C(=O)NCCNC(=O)N2Cc3ccccc3C2)cc1. The molecule has 0 bridgehead atoms. The lowest BCUT2D eigenvalue weighted by molar-refractivity contribution is 0.0953. The number of aryl methyl sites for hydroxylation is 1. The molecule has 1 heterocycles. The highest BCUT2D eigenvalue weighted by Crippen LogP contribution is 2.21. The number of amides is 3. The summed E-state index contributed by atoms with van der Waals surface area (Å²) in [5, 5.41) is 5.66. The molecule has 3 amide bonds. The van der Waals surface area contributed by atoms with Crippen molar-refractivity contribution in [2.24, 2.45) is 0 Å². The van der Waals surface area contributed by atoms with Gasteiger partial charge in [-0.3, -0.25) is 4.79 Å². The van der Waals surface area contributed by atoms with Gasteiger partial charge in [-0.05, 0) is 30.2 Å². The molecule has 5 heteroatoms. The summed E-state index contributed by atoms with van der Waals surface area (Å²) in [5.41, 5.74) is 4.13. The first-order valence-electron chi connectivity index (χ1n) is 8.08. The number of benzene rings is 2. The molecule has 5 nitrogen and oxygen atoms in total. The largest absolute Gasteiger partial charge is 0.350 e. The predicted molar refractivity (Wildman–Crippen MR) is 92.6 cm³/mol. The van der Waals surface area contributed by atoms with Gasteiger partial charge in [0.2, 0.25) is 0 Å². The van der Waals surface area contributed by atoms with Crippen molar-refractivity contribution in [2.45, 2.75) is 20.0 Å². The molecule has 1 aliphatic rings. The standard InChI is InChI=1S/C19H21N3O2/c1-14-6-8-15(9-7-14)18(23)20-10-11-21-19(24)22-12-16-4-2-3-5-17(16)13-22/h2-9H,10-13H2,1H3,(H,20,23)(H,21,24). The molecule has 0 unspecified atom stereocenters. The number of carbonyl (C=O) groups excluding carboxylic acids is 2. The van der Waals surface area contributed by atoms with E-state index in [1.807, 2.05) is 43.3 Å². The highest BCUT2D eigenvalue weighted by molar-refractivity contribution is 5.94. The Kier molecular flexibility index (Phi) is 4.79. The smallest absolute Gasteiger partial charge is 0.318 e. The van der Waals surface area contributed by atoms with Gasteiger partial charge in [0.05, 0.1) is 0 Å². The Labute approximate surface area is 141 Å². The molecule has 2 aromatic rings. The minimum atomic E-state index is -0.127. The van der Waals surface area contributed by atoms with E-state index in [1.165, 1.54) is 11.1 Å². The maximum Gasteiger partial charge on any atom is 0.318 e. The summed E-state index contributed by atoms with van der Waals surface area (Å²) in [4.78, 5) is 25.9. The van der Waals surface area contributed by atoms with Gasteiger partial charge in [-0.25, -0.2) is 4.79 Å². The van der Waals surface area contributed by atoms with Crippen LogP contribution in [0.4, 0.5) is 4.79 Å². The molecule has 0 aliphatic carbocycles. The fraction of sp³-hybridized carbons (Fsp3) is 0.263. The molecule has 124 valence electrons. The van der Waals surface area contributed by atoms with Crippen LogP contribution in [0.1, 0.15) is 27.0 Å². The fourth-order valence-corrected chi connectivity index (χ4v) is 2.74. The number of fused-ring (bicyclic) bond motifs is 1. The molecular formula is C19H21N3O2. The second kappa shape index (κ2) is 7.17. The molecule has 24 heavy (non-hydrogen) atoms. The van der Waals surface area contributed by atoms with Gasteiger partial charge >= 0.3 is 6.03 Å². The van der Waals surface area contributed by atoms with E-state index in [0.29, 0.717) is 31.7 Å². The monoisotopic (exact) mass is 323 g/mol. The van der Waals surface area contributed by atoms with Crippen LogP contribution in [0, 0.1) is 6.92 Å². The van der Waals surface area contributed by atoms with Crippen molar-refractivity contribution < 1.29 is 9.59 Å². The zero-order chi connectivity index (χ0) is 16.9. The van der Waals surface area contributed by atoms with Gasteiger partial charge < -0.3 is 15.5 Å². The van der Waals surface area contributed by atoms with Gasteiger partial charge in [0.25, 0.3) is 5.91 Å². The average molecular weight is 323 g/mol. The minimum absolute atomic E-state index is 0.101. The van der Waals surface area contributed by atoms with E-state index in [4.69, 9.17) is 0 Å². The molecule has 0 fully saturated rings. The Hall–Kier alpha value is -2.82. The van der Waals surface area contributed by atoms with E-state index < -0.39 is 0 Å². The number of nitrogens with one attached hydrogen (secondary N) is 2. The third-order valence-corrected chi connectivity index (χ3v) is 4.13. The van der Waals surface area contributed by atoms with Gasteiger partial charge in [0, 0.05) is 31.7 Å². The molecule has 0 spiro atoms. The van der Waals surface area contributed by atoms with E-state index in [0.717, 1.165) is 5.56 Å². The van der Waals surface area contributed by atoms with Crippen molar-refractivity contribution in [2.75, 3.05) is 13.1 Å². The first-order chi connectivity index (χ1) is 11.6. The number of rotatable bonds is 4. The maximum atomic E-state index is 12.2. The quantitative estimate of drug-likeness (QED) is 0.849. The van der Waals surface area contributed by atoms with Gasteiger partial charge in [-0.15, -0.1) is 0 Å². The van der Waals surface area contributed by atoms with Crippen molar-refractivity contribution in [3.05, 3.63) is 70.8 Å². The van der Waals surface area contributed by atoms with Gasteiger partial charge in [-0.2, -0.15) is 0 Å². The minimum Gasteiger partial charge on any atom is -0.350 e. The van der Waals surface area contributed by atoms with Crippen LogP contribution in [0.2, 0.25) is 0 Å². The van der Waals surface area contributed by atoms with Crippen LogP contribution in [-0.2, 0) is 13.1 Å². The van der Waals surface area contributed by atoms with Crippen molar-refractivity contribution >= 4 is 11.9 Å². The van der Waals surface area contributed by atoms with Crippen molar-refractivity contribution in [1.29, 1.82) is 0 Å². The summed E-state index contributed by atoms with van der Waals surface area (Å²) in [6, 6.07) is 15.4. The molecule has 1 aliphatic heterocycles. The molecule has 0 radical (unpaired) electrons. The molecule has 0 saturated carbocycles. The predicted octanol–water partition coefficient (Wildman–Crippen LogP) is 2.45. The first-order valence-corrected chi connectivity index (χ1v) is 8.08. The Morgan fingerprint density at radius 1 is 0.917 bits per heavy atom. The molecule has 0 saturated heterocycles. The molecule has 0 atom stereocenters. The number of nitrogens with zero attached hydrogens (tertiary/aromatic N) is 1. The van der Waals surface area contributed by atoms with Gasteiger partial charge in [-0.1, -0.05) is 42.0 Å². The second-order valence-corrected chi connectivity index (χ2v) is 5.98. The van der Waals surface area contributed by atoms with Crippen LogP contribution in [0.25, 0.3) is 0 Å². The number of hydrogen-bond donors (Lipinski definition) is 2. The van der Waals surface area contributed by atoms with E-state index in [9.17, 15) is 9.59 Å². The van der Waals surface area contributed by atoms with E-state index in [-0.39, 0.29) is 11.9 Å². The molecule has 3 rings (SSSR count). The second-order valence-electron chi connectivity index (χ2n) is 5.98. The lowest BCUT2D eigenvalue weighted by atomic mass is 10.1. The van der Waals surface area contributed by atoms with E-state index >= 15 is 0 Å². The van der Waals surface area contributed by atoms with Crippen LogP contribution < -0.4 is 10.6 Å². The highest BCUT2D eigenvalue weighted by atomic mass is 16.2. The molecule has 0 aromatic heterocycles. The Morgan fingerprint density at radius 2 is 1.50 bits per heavy atom. The Bertz CT molecular complexity index is 716.